The van der Waals surface area contributed by atoms with Crippen molar-refractivity contribution in [3.63, 3.8) is 0 Å². The number of carboxylic acid groups (broad SMARTS) is 1. The molecule has 174 valence electrons. The SMILES string of the molecule is COc1nc2c(cc1N1CCc3ccc(F)cc3C1)c(=O)c(C(=O)O)cn2[C@H](CO)C(C)C. The highest BCUT2D eigenvalue weighted by molar-refractivity contribution is 5.93. The Morgan fingerprint density at radius 3 is 2.67 bits per heavy atom. The average Bonchev–Trinajstić information content (AvgIpc) is 2.79. The molecule has 0 aliphatic carbocycles. The van der Waals surface area contributed by atoms with E-state index in [1.165, 1.54) is 30.0 Å². The maximum absolute atomic E-state index is 13.8. The van der Waals surface area contributed by atoms with E-state index in [4.69, 9.17) is 4.74 Å². The van der Waals surface area contributed by atoms with Gasteiger partial charge >= 0.3 is 5.97 Å². The molecule has 1 aromatic carbocycles. The van der Waals surface area contributed by atoms with Crippen LogP contribution in [0.2, 0.25) is 0 Å². The van der Waals surface area contributed by atoms with Crippen LogP contribution in [0.15, 0.2) is 35.3 Å². The number of hydrogen-bond acceptors (Lipinski definition) is 6. The minimum atomic E-state index is -1.35. The Morgan fingerprint density at radius 2 is 2.03 bits per heavy atom. The van der Waals surface area contributed by atoms with Crippen LogP contribution >= 0.6 is 0 Å². The van der Waals surface area contributed by atoms with Gasteiger partial charge in [-0.05, 0) is 41.7 Å². The molecule has 1 aliphatic heterocycles. The highest BCUT2D eigenvalue weighted by atomic mass is 19.1. The van der Waals surface area contributed by atoms with Crippen molar-refractivity contribution >= 4 is 22.7 Å². The summed E-state index contributed by atoms with van der Waals surface area (Å²) < 4.78 is 20.9. The molecule has 0 bridgehead atoms. The zero-order valence-electron chi connectivity index (χ0n) is 18.7. The lowest BCUT2D eigenvalue weighted by atomic mass is 9.99. The van der Waals surface area contributed by atoms with Crippen LogP contribution in [0.1, 0.15) is 41.4 Å². The summed E-state index contributed by atoms with van der Waals surface area (Å²) in [6.45, 7) is 4.52. The molecular weight excluding hydrogens is 429 g/mol. The second kappa shape index (κ2) is 8.82. The summed E-state index contributed by atoms with van der Waals surface area (Å²) in [6.07, 6.45) is 1.91. The van der Waals surface area contributed by atoms with Gasteiger partial charge in [0.2, 0.25) is 11.3 Å². The molecule has 2 aromatic heterocycles. The standard InChI is InChI=1S/C24H26FN3O5/c1-13(2)20(12-29)28-11-18(24(31)32)21(30)17-9-19(23(33-3)26-22(17)28)27-7-6-14-4-5-16(25)8-15(14)10-27/h4-5,8-9,11,13,20,29H,6-7,10,12H2,1-3H3,(H,31,32)/t20-/m1/s1. The van der Waals surface area contributed by atoms with Gasteiger partial charge < -0.3 is 24.4 Å². The van der Waals surface area contributed by atoms with Crippen LogP contribution in [-0.4, -0.2) is 46.0 Å². The lowest BCUT2D eigenvalue weighted by Crippen LogP contribution is -2.31. The van der Waals surface area contributed by atoms with E-state index in [0.29, 0.717) is 25.2 Å². The van der Waals surface area contributed by atoms with E-state index in [1.807, 2.05) is 18.7 Å². The molecular formula is C24H26FN3O5. The van der Waals surface area contributed by atoms with Gasteiger partial charge in [0.1, 0.15) is 22.7 Å². The van der Waals surface area contributed by atoms with Crippen LogP contribution in [-0.2, 0) is 13.0 Å². The van der Waals surface area contributed by atoms with Crippen LogP contribution < -0.4 is 15.1 Å². The van der Waals surface area contributed by atoms with Crippen molar-refractivity contribution in [2.24, 2.45) is 5.92 Å². The molecule has 0 amide bonds. The topological polar surface area (TPSA) is 105 Å². The Bertz CT molecular complexity index is 1290. The van der Waals surface area contributed by atoms with Gasteiger partial charge in [-0.15, -0.1) is 0 Å². The number of carboxylic acids is 1. The van der Waals surface area contributed by atoms with Crippen LogP contribution in [0.4, 0.5) is 10.1 Å². The molecule has 9 heteroatoms. The van der Waals surface area contributed by atoms with Crippen molar-refractivity contribution < 1.29 is 24.1 Å². The van der Waals surface area contributed by atoms with E-state index < -0.39 is 23.0 Å². The second-order valence-corrected chi connectivity index (χ2v) is 8.55. The number of aliphatic hydroxyl groups excluding tert-OH is 1. The van der Waals surface area contributed by atoms with Gasteiger partial charge in [0, 0.05) is 19.3 Å². The molecule has 0 saturated carbocycles. The Balaban J connectivity index is 1.93. The van der Waals surface area contributed by atoms with Gasteiger partial charge in [0.25, 0.3) is 0 Å². The lowest BCUT2D eigenvalue weighted by molar-refractivity contribution is 0.0694. The quantitative estimate of drug-likeness (QED) is 0.589. The first kappa shape index (κ1) is 22.7. The molecule has 0 unspecified atom stereocenters. The molecule has 2 N–H and O–H groups in total. The van der Waals surface area contributed by atoms with Crippen molar-refractivity contribution in [3.05, 3.63) is 63.2 Å². The summed E-state index contributed by atoms with van der Waals surface area (Å²) in [5.74, 6) is -1.46. The predicted octanol–water partition coefficient (Wildman–Crippen LogP) is 2.99. The molecule has 0 fully saturated rings. The number of aromatic carboxylic acids is 1. The number of methoxy groups -OCH3 is 1. The zero-order valence-corrected chi connectivity index (χ0v) is 18.7. The van der Waals surface area contributed by atoms with Crippen molar-refractivity contribution in [2.75, 3.05) is 25.2 Å². The third-order valence-corrected chi connectivity index (χ3v) is 6.21. The fourth-order valence-corrected chi connectivity index (χ4v) is 4.38. The molecule has 3 heterocycles. The van der Waals surface area contributed by atoms with Gasteiger partial charge in [-0.1, -0.05) is 19.9 Å². The summed E-state index contributed by atoms with van der Waals surface area (Å²) in [4.78, 5) is 31.4. The Hall–Kier alpha value is -3.46. The Labute approximate surface area is 189 Å². The average molecular weight is 455 g/mol. The molecule has 8 nitrogen and oxygen atoms in total. The number of hydrogen-bond donors (Lipinski definition) is 2. The number of halogens is 1. The molecule has 1 atom stereocenters. The van der Waals surface area contributed by atoms with Crippen molar-refractivity contribution in [1.29, 1.82) is 0 Å². The fraction of sp³-hybridized carbons (Fsp3) is 0.375. The Kier molecular flexibility index (Phi) is 6.07. The molecule has 0 radical (unpaired) electrons. The number of anilines is 1. The molecule has 1 aliphatic rings. The molecule has 33 heavy (non-hydrogen) atoms. The van der Waals surface area contributed by atoms with Crippen molar-refractivity contribution in [3.8, 4) is 5.88 Å². The number of nitrogens with zero attached hydrogens (tertiary/aromatic N) is 3. The number of fused-ring (bicyclic) bond motifs is 2. The van der Waals surface area contributed by atoms with Crippen molar-refractivity contribution in [1.82, 2.24) is 9.55 Å². The smallest absolute Gasteiger partial charge is 0.341 e. The van der Waals surface area contributed by atoms with Crippen LogP contribution in [0.25, 0.3) is 11.0 Å². The maximum atomic E-state index is 13.8. The highest BCUT2D eigenvalue weighted by Crippen LogP contribution is 2.34. The summed E-state index contributed by atoms with van der Waals surface area (Å²) in [7, 11) is 1.47. The maximum Gasteiger partial charge on any atom is 0.341 e. The normalized spacial score (nSPS) is 14.4. The lowest BCUT2D eigenvalue weighted by Gasteiger charge is -2.32. The molecule has 4 rings (SSSR count). The van der Waals surface area contributed by atoms with E-state index in [9.17, 15) is 24.2 Å². The molecule has 3 aromatic rings. The molecule has 0 spiro atoms. The van der Waals surface area contributed by atoms with Gasteiger partial charge in [0.05, 0.1) is 25.1 Å². The number of rotatable bonds is 6. The van der Waals surface area contributed by atoms with Crippen LogP contribution in [0.5, 0.6) is 5.88 Å². The minimum Gasteiger partial charge on any atom is -0.479 e. The Morgan fingerprint density at radius 1 is 1.27 bits per heavy atom. The van der Waals surface area contributed by atoms with Gasteiger partial charge in [-0.2, -0.15) is 4.98 Å². The van der Waals surface area contributed by atoms with E-state index in [0.717, 1.165) is 11.1 Å². The van der Waals surface area contributed by atoms with E-state index >= 15 is 0 Å². The second-order valence-electron chi connectivity index (χ2n) is 8.55. The first-order chi connectivity index (χ1) is 15.7. The number of ether oxygens (including phenoxy) is 1. The summed E-state index contributed by atoms with van der Waals surface area (Å²) in [5, 5.41) is 19.7. The number of aromatic nitrogens is 2. The first-order valence-corrected chi connectivity index (χ1v) is 10.8. The third kappa shape index (κ3) is 4.04. The summed E-state index contributed by atoms with van der Waals surface area (Å²) in [6, 6.07) is 5.81. The van der Waals surface area contributed by atoms with E-state index in [2.05, 4.69) is 4.98 Å². The molecule has 0 saturated heterocycles. The predicted molar refractivity (Wildman–Crippen MR) is 122 cm³/mol. The monoisotopic (exact) mass is 455 g/mol. The number of carbonyl (C=O) groups is 1. The highest BCUT2D eigenvalue weighted by Gasteiger charge is 2.26. The summed E-state index contributed by atoms with van der Waals surface area (Å²) >= 11 is 0. The zero-order chi connectivity index (χ0) is 23.9. The third-order valence-electron chi connectivity index (χ3n) is 6.21. The van der Waals surface area contributed by atoms with Gasteiger partial charge in [0.15, 0.2) is 0 Å². The number of pyridine rings is 2. The van der Waals surface area contributed by atoms with E-state index in [-0.39, 0.29) is 35.3 Å². The minimum absolute atomic E-state index is 0.0525. The van der Waals surface area contributed by atoms with E-state index in [1.54, 1.807) is 12.1 Å². The van der Waals surface area contributed by atoms with Crippen molar-refractivity contribution in [2.45, 2.75) is 32.9 Å². The van der Waals surface area contributed by atoms with Crippen LogP contribution in [0.3, 0.4) is 0 Å². The van der Waals surface area contributed by atoms with Gasteiger partial charge in [-0.25, -0.2) is 9.18 Å². The largest absolute Gasteiger partial charge is 0.479 e. The fourth-order valence-electron chi connectivity index (χ4n) is 4.38. The number of benzene rings is 1. The van der Waals surface area contributed by atoms with Crippen LogP contribution in [0, 0.1) is 11.7 Å². The first-order valence-electron chi connectivity index (χ1n) is 10.8. The summed E-state index contributed by atoms with van der Waals surface area (Å²) in [5.41, 5.74) is 1.59. The number of aliphatic hydroxyl groups is 1. The van der Waals surface area contributed by atoms with Gasteiger partial charge in [-0.3, -0.25) is 4.79 Å².